The van der Waals surface area contributed by atoms with Gasteiger partial charge in [0.15, 0.2) is 0 Å². The molecule has 2 unspecified atom stereocenters. The number of pyridine rings is 1. The van der Waals surface area contributed by atoms with Crippen LogP contribution in [0.25, 0.3) is 10.9 Å². The molecule has 21 heavy (non-hydrogen) atoms. The molecule has 1 saturated heterocycles. The topological polar surface area (TPSA) is 71.6 Å². The third-order valence-electron chi connectivity index (χ3n) is 3.68. The summed E-state index contributed by atoms with van der Waals surface area (Å²) in [5, 5.41) is 10.4. The van der Waals surface area contributed by atoms with Crippen LogP contribution in [0.15, 0.2) is 28.9 Å². The molecule has 1 aromatic heterocycles. The first-order valence-corrected chi connectivity index (χ1v) is 7.72. The van der Waals surface area contributed by atoms with Gasteiger partial charge in [0.05, 0.1) is 41.9 Å². The van der Waals surface area contributed by atoms with Crippen molar-refractivity contribution < 1.29 is 9.84 Å². The number of nitrogens with two attached hydrogens (primary N) is 1. The van der Waals surface area contributed by atoms with E-state index in [4.69, 9.17) is 10.5 Å². The highest BCUT2D eigenvalue weighted by atomic mass is 79.9. The van der Waals surface area contributed by atoms with Gasteiger partial charge in [-0.3, -0.25) is 4.98 Å². The van der Waals surface area contributed by atoms with E-state index >= 15 is 0 Å². The van der Waals surface area contributed by atoms with Gasteiger partial charge in [-0.2, -0.15) is 0 Å². The van der Waals surface area contributed by atoms with Gasteiger partial charge in [-0.25, -0.2) is 0 Å². The Kier molecular flexibility index (Phi) is 4.01. The highest BCUT2D eigenvalue weighted by molar-refractivity contribution is 9.10. The highest BCUT2D eigenvalue weighted by Crippen LogP contribution is 2.34. The normalized spacial score (nSPS) is 22.7. The number of hydrogen-bond donors (Lipinski definition) is 2. The Morgan fingerprint density at radius 3 is 3.05 bits per heavy atom. The third-order valence-corrected chi connectivity index (χ3v) is 4.17. The van der Waals surface area contributed by atoms with E-state index in [-0.39, 0.29) is 18.8 Å². The van der Waals surface area contributed by atoms with Gasteiger partial charge in [0.1, 0.15) is 0 Å². The number of nitrogens with zero attached hydrogens (tertiary/aromatic N) is 2. The molecule has 0 spiro atoms. The number of ether oxygens (including phenoxy) is 1. The fraction of sp³-hybridized carbons (Fsp3) is 0.400. The molecule has 0 amide bonds. The number of aromatic nitrogens is 1. The lowest BCUT2D eigenvalue weighted by atomic mass is 10.1. The Morgan fingerprint density at radius 2 is 2.29 bits per heavy atom. The largest absolute Gasteiger partial charge is 0.396 e. The molecule has 112 valence electrons. The first kappa shape index (κ1) is 14.6. The summed E-state index contributed by atoms with van der Waals surface area (Å²) in [6, 6.07) is 5.96. The van der Waals surface area contributed by atoms with Crippen molar-refractivity contribution in [3.05, 3.63) is 28.9 Å². The number of anilines is 2. The zero-order valence-corrected chi connectivity index (χ0v) is 13.4. The van der Waals surface area contributed by atoms with E-state index in [2.05, 4.69) is 25.8 Å². The van der Waals surface area contributed by atoms with Gasteiger partial charge in [0.25, 0.3) is 0 Å². The number of halogens is 1. The molecule has 2 heterocycles. The van der Waals surface area contributed by atoms with Gasteiger partial charge >= 0.3 is 0 Å². The molecule has 2 aromatic rings. The third kappa shape index (κ3) is 2.84. The molecule has 1 aliphatic heterocycles. The summed E-state index contributed by atoms with van der Waals surface area (Å²) in [5.41, 5.74) is 8.69. The Balaban J connectivity index is 2.10. The number of hydrogen-bond acceptors (Lipinski definition) is 5. The van der Waals surface area contributed by atoms with Crippen molar-refractivity contribution in [2.24, 2.45) is 0 Å². The van der Waals surface area contributed by atoms with E-state index in [1.54, 1.807) is 6.20 Å². The maximum absolute atomic E-state index is 9.40. The Hall–Kier alpha value is -1.37. The molecule has 1 aliphatic rings. The number of fused-ring (bicyclic) bond motifs is 1. The van der Waals surface area contributed by atoms with Crippen molar-refractivity contribution in [3.8, 4) is 0 Å². The summed E-state index contributed by atoms with van der Waals surface area (Å²) in [6.45, 7) is 3.38. The number of aliphatic hydroxyl groups excluding tert-OH is 1. The van der Waals surface area contributed by atoms with Gasteiger partial charge in [-0.05, 0) is 25.1 Å². The van der Waals surface area contributed by atoms with E-state index in [1.807, 2.05) is 25.1 Å². The minimum Gasteiger partial charge on any atom is -0.396 e. The van der Waals surface area contributed by atoms with Crippen LogP contribution in [0.4, 0.5) is 11.4 Å². The maximum atomic E-state index is 9.40. The smallest absolute Gasteiger partial charge is 0.0984 e. The van der Waals surface area contributed by atoms with Gasteiger partial charge in [0.2, 0.25) is 0 Å². The number of benzene rings is 1. The lowest BCUT2D eigenvalue weighted by molar-refractivity contribution is -0.0420. The first-order chi connectivity index (χ1) is 10.1. The van der Waals surface area contributed by atoms with E-state index in [0.717, 1.165) is 27.6 Å². The predicted molar refractivity (Wildman–Crippen MR) is 87.5 cm³/mol. The summed E-state index contributed by atoms with van der Waals surface area (Å²) in [4.78, 5) is 6.56. The van der Waals surface area contributed by atoms with Crippen LogP contribution in [0.2, 0.25) is 0 Å². The van der Waals surface area contributed by atoms with Gasteiger partial charge in [-0.1, -0.05) is 15.9 Å². The zero-order valence-electron chi connectivity index (χ0n) is 11.8. The summed E-state index contributed by atoms with van der Waals surface area (Å²) in [7, 11) is 0. The molecule has 0 aliphatic carbocycles. The van der Waals surface area contributed by atoms with Crippen molar-refractivity contribution in [2.45, 2.75) is 19.1 Å². The van der Waals surface area contributed by atoms with Crippen LogP contribution in [0.5, 0.6) is 0 Å². The van der Waals surface area contributed by atoms with Gasteiger partial charge < -0.3 is 20.5 Å². The zero-order chi connectivity index (χ0) is 15.0. The summed E-state index contributed by atoms with van der Waals surface area (Å²) >= 11 is 3.50. The number of morpholine rings is 1. The number of aliphatic hydroxyl groups is 1. The predicted octanol–water partition coefficient (Wildman–Crippen LogP) is 2.17. The monoisotopic (exact) mass is 351 g/mol. The summed E-state index contributed by atoms with van der Waals surface area (Å²) in [6.07, 6.45) is 1.55. The Morgan fingerprint density at radius 1 is 1.48 bits per heavy atom. The molecule has 5 nitrogen and oxygen atoms in total. The minimum absolute atomic E-state index is 0.00740. The van der Waals surface area contributed by atoms with Crippen molar-refractivity contribution in [1.82, 2.24) is 4.98 Å². The summed E-state index contributed by atoms with van der Waals surface area (Å²) in [5.74, 6) is 0. The molecule has 3 N–H and O–H groups in total. The summed E-state index contributed by atoms with van der Waals surface area (Å²) < 4.78 is 6.69. The standard InChI is InChI=1S/C15H18BrN3O2/c1-9-6-19(7-11(8-20)21-9)15-12-4-10(16)2-3-14(12)18-5-13(15)17/h2-5,9,11,20H,6-8,17H2,1H3. The van der Waals surface area contributed by atoms with Crippen LogP contribution in [0, 0.1) is 0 Å². The van der Waals surface area contributed by atoms with Crippen molar-refractivity contribution in [1.29, 1.82) is 0 Å². The number of rotatable bonds is 2. The van der Waals surface area contributed by atoms with Crippen LogP contribution in [-0.2, 0) is 4.74 Å². The molecule has 0 saturated carbocycles. The van der Waals surface area contributed by atoms with Crippen molar-refractivity contribution >= 4 is 38.2 Å². The van der Waals surface area contributed by atoms with Gasteiger partial charge in [-0.15, -0.1) is 0 Å². The van der Waals surface area contributed by atoms with E-state index in [9.17, 15) is 5.11 Å². The second-order valence-electron chi connectivity index (χ2n) is 5.38. The van der Waals surface area contributed by atoms with E-state index < -0.39 is 0 Å². The molecular weight excluding hydrogens is 334 g/mol. The Bertz CT molecular complexity index is 659. The fourth-order valence-corrected chi connectivity index (χ4v) is 3.21. The lowest BCUT2D eigenvalue weighted by Crippen LogP contribution is -2.48. The molecule has 2 atom stereocenters. The second kappa shape index (κ2) is 5.79. The molecule has 1 aromatic carbocycles. The fourth-order valence-electron chi connectivity index (χ4n) is 2.85. The van der Waals surface area contributed by atoms with Crippen LogP contribution in [-0.4, -0.2) is 42.0 Å². The molecule has 3 rings (SSSR count). The van der Waals surface area contributed by atoms with Gasteiger partial charge in [0, 0.05) is 22.9 Å². The van der Waals surface area contributed by atoms with E-state index in [0.29, 0.717) is 12.2 Å². The molecular formula is C15H18BrN3O2. The maximum Gasteiger partial charge on any atom is 0.0984 e. The average molecular weight is 352 g/mol. The average Bonchev–Trinajstić information content (AvgIpc) is 2.46. The molecule has 1 fully saturated rings. The number of nitrogen functional groups attached to an aromatic ring is 1. The van der Waals surface area contributed by atoms with Crippen molar-refractivity contribution in [2.75, 3.05) is 30.3 Å². The highest BCUT2D eigenvalue weighted by Gasteiger charge is 2.27. The van der Waals surface area contributed by atoms with Crippen molar-refractivity contribution in [3.63, 3.8) is 0 Å². The van der Waals surface area contributed by atoms with E-state index in [1.165, 1.54) is 0 Å². The van der Waals surface area contributed by atoms with Crippen LogP contribution in [0.1, 0.15) is 6.92 Å². The lowest BCUT2D eigenvalue weighted by Gasteiger charge is -2.38. The SMILES string of the molecule is CC1CN(c2c(N)cnc3ccc(Br)cc23)CC(CO)O1. The second-order valence-corrected chi connectivity index (χ2v) is 6.30. The quantitative estimate of drug-likeness (QED) is 0.867. The Labute approximate surface area is 131 Å². The first-order valence-electron chi connectivity index (χ1n) is 6.93. The molecule has 0 radical (unpaired) electrons. The minimum atomic E-state index is -0.191. The molecule has 0 bridgehead atoms. The molecule has 6 heteroatoms. The van der Waals surface area contributed by atoms with Crippen LogP contribution in [0.3, 0.4) is 0 Å². The van der Waals surface area contributed by atoms with Crippen LogP contribution >= 0.6 is 15.9 Å². The van der Waals surface area contributed by atoms with Crippen LogP contribution < -0.4 is 10.6 Å².